The van der Waals surface area contributed by atoms with Crippen LogP contribution < -0.4 is 5.32 Å². The van der Waals surface area contributed by atoms with Crippen LogP contribution in [0.5, 0.6) is 0 Å². The third-order valence-electron chi connectivity index (χ3n) is 4.40. The fourth-order valence-corrected chi connectivity index (χ4v) is 2.78. The van der Waals surface area contributed by atoms with Gasteiger partial charge < -0.3 is 15.3 Å². The van der Waals surface area contributed by atoms with Crippen molar-refractivity contribution in [2.24, 2.45) is 5.92 Å². The summed E-state index contributed by atoms with van der Waals surface area (Å²) in [7, 11) is 1.77. The molecular weight excluding hydrogens is 292 g/mol. The maximum absolute atomic E-state index is 12.3. The number of nitrogens with zero attached hydrogens (tertiary/aromatic N) is 1. The lowest BCUT2D eigenvalue weighted by molar-refractivity contribution is -0.119. The number of nitrogens with one attached hydrogen (secondary N) is 1. The predicted molar refractivity (Wildman–Crippen MR) is 90.3 cm³/mol. The number of rotatable bonds is 0. The van der Waals surface area contributed by atoms with Gasteiger partial charge in [-0.3, -0.25) is 9.59 Å². The highest BCUT2D eigenvalue weighted by Gasteiger charge is 2.16. The van der Waals surface area contributed by atoms with Gasteiger partial charge in [0.15, 0.2) is 0 Å². The van der Waals surface area contributed by atoms with E-state index in [-0.39, 0.29) is 23.8 Å². The second-order valence-electron chi connectivity index (χ2n) is 6.42. The molecule has 0 aliphatic carbocycles. The Kier molecular flexibility index (Phi) is 6.16. The average Bonchev–Trinajstić information content (AvgIpc) is 2.53. The zero-order chi connectivity index (χ0) is 16.8. The van der Waals surface area contributed by atoms with Gasteiger partial charge in [-0.1, -0.05) is 13.3 Å². The molecule has 1 aromatic carbocycles. The fourth-order valence-electron chi connectivity index (χ4n) is 2.78. The van der Waals surface area contributed by atoms with Crippen LogP contribution in [0, 0.1) is 5.92 Å². The molecule has 5 heteroatoms. The number of benzene rings is 1. The molecule has 0 saturated carbocycles. The molecule has 3 rings (SSSR count). The van der Waals surface area contributed by atoms with Crippen molar-refractivity contribution < 1.29 is 14.7 Å². The van der Waals surface area contributed by atoms with Crippen molar-refractivity contribution in [1.82, 2.24) is 4.90 Å². The first-order valence-electron chi connectivity index (χ1n) is 8.32. The Hall–Kier alpha value is -1.88. The molecule has 0 aromatic heterocycles. The summed E-state index contributed by atoms with van der Waals surface area (Å²) in [5.74, 6) is -0.164. The molecule has 2 amide bonds. The van der Waals surface area contributed by atoms with Crippen molar-refractivity contribution >= 4 is 17.5 Å². The summed E-state index contributed by atoms with van der Waals surface area (Å²) in [4.78, 5) is 26.1. The van der Waals surface area contributed by atoms with E-state index in [2.05, 4.69) is 5.32 Å². The summed E-state index contributed by atoms with van der Waals surface area (Å²) in [5, 5.41) is 12.9. The van der Waals surface area contributed by atoms with Gasteiger partial charge in [-0.2, -0.15) is 0 Å². The topological polar surface area (TPSA) is 69.6 Å². The summed E-state index contributed by atoms with van der Waals surface area (Å²) in [6, 6.07) is 7.00. The number of amides is 2. The van der Waals surface area contributed by atoms with Crippen molar-refractivity contribution in [3.8, 4) is 0 Å². The van der Waals surface area contributed by atoms with Crippen LogP contribution in [0.2, 0.25) is 0 Å². The SMILES string of the molecule is C[C@@H]1CCC[C@H](O)CCCN(C)C(=O)c2ccc(cc2)NC1=O. The van der Waals surface area contributed by atoms with Crippen LogP contribution in [0.4, 0.5) is 5.69 Å². The molecular formula is C18H26N2O3. The van der Waals surface area contributed by atoms with E-state index in [9.17, 15) is 14.7 Å². The zero-order valence-electron chi connectivity index (χ0n) is 13.9. The first-order chi connectivity index (χ1) is 11.0. The highest BCUT2D eigenvalue weighted by Crippen LogP contribution is 2.17. The number of hydrogen-bond donors (Lipinski definition) is 2. The number of aliphatic hydroxyl groups excluding tert-OH is 1. The molecule has 0 fully saturated rings. The molecule has 2 aliphatic heterocycles. The number of carbonyl (C=O) groups is 2. The Balaban J connectivity index is 2.14. The zero-order valence-corrected chi connectivity index (χ0v) is 13.9. The minimum absolute atomic E-state index is 0.0252. The molecule has 2 N–H and O–H groups in total. The van der Waals surface area contributed by atoms with Crippen LogP contribution in [-0.4, -0.2) is 41.5 Å². The van der Waals surface area contributed by atoms with Gasteiger partial charge in [0.2, 0.25) is 5.91 Å². The lowest BCUT2D eigenvalue weighted by Crippen LogP contribution is -2.28. The molecule has 23 heavy (non-hydrogen) atoms. The van der Waals surface area contributed by atoms with Gasteiger partial charge in [0, 0.05) is 30.8 Å². The van der Waals surface area contributed by atoms with Gasteiger partial charge >= 0.3 is 0 Å². The van der Waals surface area contributed by atoms with Crippen molar-refractivity contribution in [2.75, 3.05) is 18.9 Å². The molecule has 0 saturated heterocycles. The molecule has 2 atom stereocenters. The monoisotopic (exact) mass is 318 g/mol. The highest BCUT2D eigenvalue weighted by atomic mass is 16.3. The Labute approximate surface area is 137 Å². The fraction of sp³-hybridized carbons (Fsp3) is 0.556. The van der Waals surface area contributed by atoms with Crippen LogP contribution in [-0.2, 0) is 4.79 Å². The second-order valence-corrected chi connectivity index (χ2v) is 6.42. The Morgan fingerprint density at radius 1 is 1.09 bits per heavy atom. The summed E-state index contributed by atoms with van der Waals surface area (Å²) in [6.07, 6.45) is 3.38. The molecule has 2 bridgehead atoms. The molecule has 0 spiro atoms. The maximum Gasteiger partial charge on any atom is 0.253 e. The summed E-state index contributed by atoms with van der Waals surface area (Å²) in [5.41, 5.74) is 1.30. The summed E-state index contributed by atoms with van der Waals surface area (Å²) in [6.45, 7) is 2.53. The largest absolute Gasteiger partial charge is 0.393 e. The lowest BCUT2D eigenvalue weighted by atomic mass is 9.99. The van der Waals surface area contributed by atoms with Crippen LogP contribution >= 0.6 is 0 Å². The van der Waals surface area contributed by atoms with Crippen LogP contribution in [0.25, 0.3) is 0 Å². The summed E-state index contributed by atoms with van der Waals surface area (Å²) >= 11 is 0. The predicted octanol–water partition coefficient (Wildman–Crippen LogP) is 2.66. The maximum atomic E-state index is 12.3. The van der Waals surface area contributed by atoms with E-state index in [4.69, 9.17) is 0 Å². The molecule has 126 valence electrons. The standard InChI is InChI=1S/C18H26N2O3/c1-13-5-3-6-16(21)7-4-12-20(2)18(23)14-8-10-15(11-9-14)19-17(13)22/h8-11,13,16,21H,3-7,12H2,1-2H3,(H,19,22)/t13-,16+/m1/s1. The highest BCUT2D eigenvalue weighted by molar-refractivity contribution is 5.96. The van der Waals surface area contributed by atoms with Gasteiger partial charge in [-0.05, 0) is 49.9 Å². The van der Waals surface area contributed by atoms with Gasteiger partial charge in [-0.25, -0.2) is 0 Å². The van der Waals surface area contributed by atoms with E-state index in [1.807, 2.05) is 6.92 Å². The third-order valence-corrected chi connectivity index (χ3v) is 4.40. The van der Waals surface area contributed by atoms with E-state index >= 15 is 0 Å². The van der Waals surface area contributed by atoms with Crippen molar-refractivity contribution in [3.63, 3.8) is 0 Å². The number of fused-ring (bicyclic) bond motifs is 13. The molecule has 5 nitrogen and oxygen atoms in total. The van der Waals surface area contributed by atoms with Crippen LogP contribution in [0.15, 0.2) is 24.3 Å². The normalized spacial score (nSPS) is 24.6. The van der Waals surface area contributed by atoms with Gasteiger partial charge in [0.1, 0.15) is 0 Å². The van der Waals surface area contributed by atoms with Gasteiger partial charge in [0.05, 0.1) is 6.10 Å². The molecule has 1 aromatic rings. The Morgan fingerprint density at radius 3 is 2.43 bits per heavy atom. The Morgan fingerprint density at radius 2 is 1.74 bits per heavy atom. The van der Waals surface area contributed by atoms with Crippen LogP contribution in [0.3, 0.4) is 0 Å². The van der Waals surface area contributed by atoms with Crippen molar-refractivity contribution in [2.45, 2.75) is 45.1 Å². The van der Waals surface area contributed by atoms with E-state index in [1.165, 1.54) is 0 Å². The van der Waals surface area contributed by atoms with E-state index in [1.54, 1.807) is 36.2 Å². The number of carbonyl (C=O) groups excluding carboxylic acids is 2. The van der Waals surface area contributed by atoms with Gasteiger partial charge in [0.25, 0.3) is 5.91 Å². The lowest BCUT2D eigenvalue weighted by Gasteiger charge is -2.20. The van der Waals surface area contributed by atoms with Crippen molar-refractivity contribution in [1.29, 1.82) is 0 Å². The van der Waals surface area contributed by atoms with E-state index in [0.717, 1.165) is 19.3 Å². The average molecular weight is 318 g/mol. The first kappa shape index (κ1) is 17.5. The number of aliphatic hydroxyl groups is 1. The minimum Gasteiger partial charge on any atom is -0.393 e. The van der Waals surface area contributed by atoms with Crippen molar-refractivity contribution in [3.05, 3.63) is 29.8 Å². The van der Waals surface area contributed by atoms with Crippen LogP contribution in [0.1, 0.15) is 49.4 Å². The minimum atomic E-state index is -0.361. The molecule has 0 radical (unpaired) electrons. The molecule has 0 unspecified atom stereocenters. The third kappa shape index (κ3) is 5.06. The summed E-state index contributed by atoms with van der Waals surface area (Å²) < 4.78 is 0. The quantitative estimate of drug-likeness (QED) is 0.772. The first-order valence-corrected chi connectivity index (χ1v) is 8.32. The van der Waals surface area contributed by atoms with E-state index < -0.39 is 0 Å². The number of hydrogen-bond acceptors (Lipinski definition) is 3. The molecule has 2 aliphatic rings. The second kappa shape index (κ2) is 8.11. The molecule has 2 heterocycles. The van der Waals surface area contributed by atoms with Gasteiger partial charge in [-0.15, -0.1) is 0 Å². The smallest absolute Gasteiger partial charge is 0.253 e. The Bertz CT molecular complexity index is 542. The number of anilines is 1. The van der Waals surface area contributed by atoms with E-state index in [0.29, 0.717) is 30.6 Å².